The number of nitrogens with zero attached hydrogens (tertiary/aromatic N) is 2. The lowest BCUT2D eigenvalue weighted by Gasteiger charge is -2.18. The molecule has 0 aromatic carbocycles. The van der Waals surface area contributed by atoms with Crippen molar-refractivity contribution in [2.24, 2.45) is 0 Å². The zero-order valence-corrected chi connectivity index (χ0v) is 11.0. The first kappa shape index (κ1) is 13.7. The maximum Gasteiger partial charge on any atom is 0.134 e. The number of aliphatic hydroxyl groups excluding tert-OH is 1. The van der Waals surface area contributed by atoms with Gasteiger partial charge in [0.15, 0.2) is 0 Å². The van der Waals surface area contributed by atoms with Gasteiger partial charge in [-0.15, -0.1) is 0 Å². The van der Waals surface area contributed by atoms with Crippen LogP contribution in [-0.4, -0.2) is 27.2 Å². The van der Waals surface area contributed by atoms with E-state index in [-0.39, 0.29) is 12.1 Å². The Morgan fingerprint density at radius 1 is 1.35 bits per heavy atom. The molecule has 5 heteroatoms. The molecule has 0 spiro atoms. The maximum absolute atomic E-state index is 9.33. The van der Waals surface area contributed by atoms with Crippen LogP contribution in [0.1, 0.15) is 38.6 Å². The Morgan fingerprint density at radius 3 is 2.53 bits per heavy atom. The highest BCUT2D eigenvalue weighted by Gasteiger charge is 2.11. The van der Waals surface area contributed by atoms with Crippen molar-refractivity contribution in [2.75, 3.05) is 11.1 Å². The lowest BCUT2D eigenvalue weighted by Crippen LogP contribution is -2.22. The lowest BCUT2D eigenvalue weighted by atomic mass is 10.1. The molecule has 0 aliphatic carbocycles. The number of nitrogens with one attached hydrogen (secondary N) is 1. The molecule has 4 N–H and O–H groups in total. The quantitative estimate of drug-likeness (QED) is 0.724. The minimum atomic E-state index is -0.331. The van der Waals surface area contributed by atoms with Gasteiger partial charge in [0.25, 0.3) is 0 Å². The summed E-state index contributed by atoms with van der Waals surface area (Å²) in [5, 5.41) is 12.6. The Morgan fingerprint density at radius 2 is 2.00 bits per heavy atom. The predicted molar refractivity (Wildman–Crippen MR) is 69.9 cm³/mol. The van der Waals surface area contributed by atoms with Gasteiger partial charge in [0.05, 0.1) is 6.10 Å². The van der Waals surface area contributed by atoms with Crippen molar-refractivity contribution in [3.63, 3.8) is 0 Å². The highest BCUT2D eigenvalue weighted by atomic mass is 16.3. The number of anilines is 2. The molecule has 0 amide bonds. The fourth-order valence-electron chi connectivity index (χ4n) is 1.68. The molecule has 2 atom stereocenters. The number of aromatic nitrogens is 2. The second-order valence-corrected chi connectivity index (χ2v) is 4.48. The highest BCUT2D eigenvalue weighted by molar-refractivity contribution is 5.55. The molecular weight excluding hydrogens is 216 g/mol. The summed E-state index contributed by atoms with van der Waals surface area (Å²) < 4.78 is 0. The highest BCUT2D eigenvalue weighted by Crippen LogP contribution is 2.19. The third kappa shape index (κ3) is 3.85. The molecule has 1 heterocycles. The molecule has 0 fully saturated rings. The summed E-state index contributed by atoms with van der Waals surface area (Å²) in [6.07, 6.45) is 1.09. The fraction of sp³-hybridized carbons (Fsp3) is 0.667. The Balaban J connectivity index is 2.86. The number of aryl methyl sites for hydroxylation is 1. The number of rotatable bonds is 5. The van der Waals surface area contributed by atoms with Crippen molar-refractivity contribution in [3.05, 3.63) is 11.4 Å². The number of nitrogens with two attached hydrogens (primary N) is 1. The van der Waals surface area contributed by atoms with Crippen molar-refractivity contribution >= 4 is 11.6 Å². The van der Waals surface area contributed by atoms with Crippen LogP contribution in [0.5, 0.6) is 0 Å². The normalized spacial score (nSPS) is 14.4. The summed E-state index contributed by atoms with van der Waals surface area (Å²) >= 11 is 0. The van der Waals surface area contributed by atoms with E-state index in [4.69, 9.17) is 5.73 Å². The molecule has 1 aromatic rings. The van der Waals surface area contributed by atoms with Gasteiger partial charge in [-0.3, -0.25) is 0 Å². The minimum absolute atomic E-state index is 0.146. The summed E-state index contributed by atoms with van der Waals surface area (Å²) in [5.41, 5.74) is 6.69. The molecule has 5 nitrogen and oxygen atoms in total. The molecule has 0 saturated carbocycles. The molecule has 0 saturated heterocycles. The van der Waals surface area contributed by atoms with Crippen molar-refractivity contribution < 1.29 is 5.11 Å². The van der Waals surface area contributed by atoms with Crippen LogP contribution in [0.2, 0.25) is 0 Å². The third-order valence-corrected chi connectivity index (χ3v) is 2.62. The Bertz CT molecular complexity index is 379. The van der Waals surface area contributed by atoms with Gasteiger partial charge in [0.2, 0.25) is 0 Å². The Hall–Kier alpha value is -1.36. The van der Waals surface area contributed by atoms with E-state index in [1.807, 2.05) is 20.8 Å². The van der Waals surface area contributed by atoms with E-state index in [2.05, 4.69) is 15.3 Å². The standard InChI is InChI=1S/C12H22N4O/c1-5-10-15-11(13)9(4)12(16-10)14-7(2)6-8(3)17/h7-8,17H,5-6H2,1-4H3,(H3,13,14,15,16). The molecule has 96 valence electrons. The SMILES string of the molecule is CCc1nc(N)c(C)c(NC(C)CC(C)O)n1. The summed E-state index contributed by atoms with van der Waals surface area (Å²) in [7, 11) is 0. The summed E-state index contributed by atoms with van der Waals surface area (Å²) in [4.78, 5) is 8.61. The summed E-state index contributed by atoms with van der Waals surface area (Å²) in [6.45, 7) is 7.67. The zero-order chi connectivity index (χ0) is 13.0. The van der Waals surface area contributed by atoms with E-state index in [1.54, 1.807) is 6.92 Å². The molecule has 1 aromatic heterocycles. The van der Waals surface area contributed by atoms with Crippen LogP contribution in [-0.2, 0) is 6.42 Å². The van der Waals surface area contributed by atoms with Crippen molar-refractivity contribution in [1.29, 1.82) is 0 Å². The summed E-state index contributed by atoms with van der Waals surface area (Å²) in [6, 6.07) is 0.146. The number of hydrogen-bond acceptors (Lipinski definition) is 5. The first-order valence-corrected chi connectivity index (χ1v) is 6.01. The van der Waals surface area contributed by atoms with Gasteiger partial charge in [-0.05, 0) is 27.2 Å². The second-order valence-electron chi connectivity index (χ2n) is 4.48. The van der Waals surface area contributed by atoms with Gasteiger partial charge in [-0.25, -0.2) is 9.97 Å². The maximum atomic E-state index is 9.33. The van der Waals surface area contributed by atoms with Crippen LogP contribution < -0.4 is 11.1 Å². The molecule has 0 aliphatic rings. The first-order valence-electron chi connectivity index (χ1n) is 6.01. The van der Waals surface area contributed by atoms with Gasteiger partial charge in [0.1, 0.15) is 17.5 Å². The third-order valence-electron chi connectivity index (χ3n) is 2.62. The van der Waals surface area contributed by atoms with Gasteiger partial charge in [-0.2, -0.15) is 0 Å². The van der Waals surface area contributed by atoms with E-state index in [9.17, 15) is 5.11 Å². The van der Waals surface area contributed by atoms with Crippen LogP contribution >= 0.6 is 0 Å². The van der Waals surface area contributed by atoms with Gasteiger partial charge < -0.3 is 16.2 Å². The molecule has 2 unspecified atom stereocenters. The average molecular weight is 238 g/mol. The monoisotopic (exact) mass is 238 g/mol. The fourth-order valence-corrected chi connectivity index (χ4v) is 1.68. The minimum Gasteiger partial charge on any atom is -0.393 e. The van der Waals surface area contributed by atoms with Crippen molar-refractivity contribution in [1.82, 2.24) is 9.97 Å². The lowest BCUT2D eigenvalue weighted by molar-refractivity contribution is 0.179. The van der Waals surface area contributed by atoms with E-state index < -0.39 is 0 Å². The molecule has 0 aliphatic heterocycles. The largest absolute Gasteiger partial charge is 0.393 e. The van der Waals surface area contributed by atoms with E-state index >= 15 is 0 Å². The first-order chi connectivity index (χ1) is 7.93. The van der Waals surface area contributed by atoms with Crippen LogP contribution in [0.25, 0.3) is 0 Å². The topological polar surface area (TPSA) is 84.1 Å². The molecule has 0 radical (unpaired) electrons. The van der Waals surface area contributed by atoms with Crippen LogP contribution in [0.3, 0.4) is 0 Å². The smallest absolute Gasteiger partial charge is 0.134 e. The molecule has 17 heavy (non-hydrogen) atoms. The zero-order valence-electron chi connectivity index (χ0n) is 11.0. The van der Waals surface area contributed by atoms with Gasteiger partial charge in [-0.1, -0.05) is 6.92 Å². The van der Waals surface area contributed by atoms with Crippen molar-refractivity contribution in [2.45, 2.75) is 52.7 Å². The number of nitrogen functional groups attached to an aromatic ring is 1. The van der Waals surface area contributed by atoms with Crippen LogP contribution in [0.15, 0.2) is 0 Å². The average Bonchev–Trinajstić information content (AvgIpc) is 2.23. The van der Waals surface area contributed by atoms with Crippen molar-refractivity contribution in [3.8, 4) is 0 Å². The van der Waals surface area contributed by atoms with E-state index in [0.29, 0.717) is 12.2 Å². The Labute approximate surface area is 102 Å². The van der Waals surface area contributed by atoms with Gasteiger partial charge >= 0.3 is 0 Å². The molecule has 0 bridgehead atoms. The van der Waals surface area contributed by atoms with E-state index in [0.717, 1.165) is 23.6 Å². The Kier molecular flexibility index (Phi) is 4.69. The summed E-state index contributed by atoms with van der Waals surface area (Å²) in [5.74, 6) is 2.02. The number of aliphatic hydroxyl groups is 1. The molecule has 1 rings (SSSR count). The molecular formula is C12H22N4O. The second kappa shape index (κ2) is 5.82. The van der Waals surface area contributed by atoms with Crippen LogP contribution in [0, 0.1) is 6.92 Å². The number of hydrogen-bond donors (Lipinski definition) is 3. The predicted octanol–water partition coefficient (Wildman–Crippen LogP) is 1.50. The van der Waals surface area contributed by atoms with E-state index in [1.165, 1.54) is 0 Å². The van der Waals surface area contributed by atoms with Gasteiger partial charge in [0, 0.05) is 18.0 Å². The van der Waals surface area contributed by atoms with Crippen LogP contribution in [0.4, 0.5) is 11.6 Å².